The molecule has 0 aliphatic heterocycles. The van der Waals surface area contributed by atoms with Crippen LogP contribution in [0.4, 0.5) is 24.5 Å². The molecular formula is C18H23F3N2O3S. The van der Waals surface area contributed by atoms with Crippen LogP contribution in [0.3, 0.4) is 0 Å². The Balaban J connectivity index is 2.35. The molecule has 2 rings (SSSR count). The van der Waals surface area contributed by atoms with E-state index in [2.05, 4.69) is 10.0 Å². The van der Waals surface area contributed by atoms with Crippen molar-refractivity contribution in [3.05, 3.63) is 35.4 Å². The maximum Gasteiger partial charge on any atom is 0.416 e. The fourth-order valence-electron chi connectivity index (χ4n) is 3.17. The van der Waals surface area contributed by atoms with Crippen LogP contribution in [0.15, 0.2) is 29.8 Å². The van der Waals surface area contributed by atoms with Gasteiger partial charge in [0, 0.05) is 0 Å². The topological polar surface area (TPSA) is 75.3 Å². The van der Waals surface area contributed by atoms with Gasteiger partial charge in [0.05, 0.1) is 29.1 Å². The highest BCUT2D eigenvalue weighted by atomic mass is 32.2. The van der Waals surface area contributed by atoms with E-state index in [0.29, 0.717) is 0 Å². The summed E-state index contributed by atoms with van der Waals surface area (Å²) in [5.74, 6) is -0.883. The number of benzene rings is 1. The molecule has 1 amide bonds. The lowest BCUT2D eigenvalue weighted by Crippen LogP contribution is -2.20. The zero-order valence-electron chi connectivity index (χ0n) is 15.7. The molecule has 2 N–H and O–H groups in total. The van der Waals surface area contributed by atoms with E-state index in [-0.39, 0.29) is 22.7 Å². The average Bonchev–Trinajstić information content (AvgIpc) is 2.98. The summed E-state index contributed by atoms with van der Waals surface area (Å²) in [6, 6.07) is 2.48. The van der Waals surface area contributed by atoms with Crippen LogP contribution >= 0.6 is 0 Å². The predicted octanol–water partition coefficient (Wildman–Crippen LogP) is 4.25. The van der Waals surface area contributed by atoms with Gasteiger partial charge >= 0.3 is 6.18 Å². The fourth-order valence-corrected chi connectivity index (χ4v) is 3.75. The molecule has 0 unspecified atom stereocenters. The highest BCUT2D eigenvalue weighted by Gasteiger charge is 2.60. The number of nitrogens with one attached hydrogen (secondary N) is 2. The van der Waals surface area contributed by atoms with Crippen molar-refractivity contribution >= 4 is 27.3 Å². The van der Waals surface area contributed by atoms with E-state index in [4.69, 9.17) is 0 Å². The van der Waals surface area contributed by atoms with Gasteiger partial charge in [0.2, 0.25) is 15.9 Å². The van der Waals surface area contributed by atoms with E-state index < -0.39 is 33.6 Å². The first-order valence-corrected chi connectivity index (χ1v) is 10.2. The predicted molar refractivity (Wildman–Crippen MR) is 98.7 cm³/mol. The molecule has 0 aromatic heterocycles. The number of halogens is 3. The maximum atomic E-state index is 13.0. The Bertz CT molecular complexity index is 886. The summed E-state index contributed by atoms with van der Waals surface area (Å²) in [6.45, 7) is 7.63. The molecule has 5 nitrogen and oxygen atoms in total. The molecule has 0 spiro atoms. The molecule has 0 saturated heterocycles. The summed E-state index contributed by atoms with van der Waals surface area (Å²) in [5, 5.41) is 2.47. The van der Waals surface area contributed by atoms with Crippen molar-refractivity contribution in [2.45, 2.75) is 33.9 Å². The van der Waals surface area contributed by atoms with Crippen molar-refractivity contribution in [1.29, 1.82) is 0 Å². The Hall–Kier alpha value is -2.03. The molecule has 0 radical (unpaired) electrons. The van der Waals surface area contributed by atoms with Crippen LogP contribution in [0.5, 0.6) is 0 Å². The summed E-state index contributed by atoms with van der Waals surface area (Å²) in [6.07, 6.45) is -1.77. The highest BCUT2D eigenvalue weighted by Crippen LogP contribution is 2.59. The molecule has 0 heterocycles. The molecule has 1 aromatic rings. The number of hydrogen-bond acceptors (Lipinski definition) is 3. The molecule has 0 bridgehead atoms. The molecule has 1 aromatic carbocycles. The third-order valence-electron chi connectivity index (χ3n) is 4.61. The normalized spacial score (nSPS) is 21.3. The molecule has 9 heteroatoms. The molecular weight excluding hydrogens is 381 g/mol. The van der Waals surface area contributed by atoms with E-state index in [1.165, 1.54) is 0 Å². The molecule has 1 aliphatic carbocycles. The van der Waals surface area contributed by atoms with Gasteiger partial charge in [-0.25, -0.2) is 8.42 Å². The maximum absolute atomic E-state index is 13.0. The molecule has 150 valence electrons. The minimum absolute atomic E-state index is 0.0281. The number of sulfonamides is 1. The lowest BCUT2D eigenvalue weighted by Gasteiger charge is -2.15. The van der Waals surface area contributed by atoms with Crippen molar-refractivity contribution in [3.8, 4) is 0 Å². The Kier molecular flexibility index (Phi) is 5.40. The molecule has 2 atom stereocenters. The van der Waals surface area contributed by atoms with E-state index in [0.717, 1.165) is 30.0 Å². The second kappa shape index (κ2) is 6.85. The monoisotopic (exact) mass is 404 g/mol. The highest BCUT2D eigenvalue weighted by molar-refractivity contribution is 7.92. The number of rotatable bonds is 5. The lowest BCUT2D eigenvalue weighted by molar-refractivity contribution is -0.137. The quantitative estimate of drug-likeness (QED) is 0.721. The number of carbonyl (C=O) groups is 1. The van der Waals surface area contributed by atoms with Crippen LogP contribution in [-0.2, 0) is 21.0 Å². The number of anilines is 2. The number of hydrogen-bond donors (Lipinski definition) is 2. The summed E-state index contributed by atoms with van der Waals surface area (Å²) in [4.78, 5) is 12.7. The third-order valence-corrected chi connectivity index (χ3v) is 5.20. The zero-order chi connectivity index (χ0) is 20.8. The van der Waals surface area contributed by atoms with Crippen LogP contribution in [-0.4, -0.2) is 20.6 Å². The minimum atomic E-state index is -4.62. The lowest BCUT2D eigenvalue weighted by atomic mass is 10.1. The summed E-state index contributed by atoms with van der Waals surface area (Å²) in [7, 11) is -3.73. The Morgan fingerprint density at radius 1 is 1.19 bits per heavy atom. The Morgan fingerprint density at radius 2 is 1.78 bits per heavy atom. The largest absolute Gasteiger partial charge is 0.416 e. The second-order valence-corrected chi connectivity index (χ2v) is 9.44. The van der Waals surface area contributed by atoms with Crippen LogP contribution < -0.4 is 10.0 Å². The van der Waals surface area contributed by atoms with E-state index in [9.17, 15) is 26.4 Å². The van der Waals surface area contributed by atoms with Gasteiger partial charge in [-0.1, -0.05) is 25.5 Å². The van der Waals surface area contributed by atoms with E-state index in [1.807, 2.05) is 33.8 Å². The van der Waals surface area contributed by atoms with Crippen molar-refractivity contribution in [2.24, 2.45) is 17.3 Å². The van der Waals surface area contributed by atoms with Crippen LogP contribution in [0.1, 0.15) is 33.3 Å². The molecule has 1 saturated carbocycles. The van der Waals surface area contributed by atoms with Crippen molar-refractivity contribution in [1.82, 2.24) is 0 Å². The summed E-state index contributed by atoms with van der Waals surface area (Å²) >= 11 is 0. The van der Waals surface area contributed by atoms with Crippen molar-refractivity contribution in [3.63, 3.8) is 0 Å². The minimum Gasteiger partial charge on any atom is -0.324 e. The van der Waals surface area contributed by atoms with Gasteiger partial charge in [-0.2, -0.15) is 13.2 Å². The van der Waals surface area contributed by atoms with Crippen LogP contribution in [0.2, 0.25) is 0 Å². The standard InChI is InChI=1S/C18H23F3N2O3S/c1-10(2)8-12-15(17(12,3)4)16(24)22-14-9-11(18(19,20)21)6-7-13(14)23-27(5,25)26/h6-9,12,15,23H,1-5H3,(H,22,24)/t12-,15-/m1/s1. The van der Waals surface area contributed by atoms with Gasteiger partial charge in [0.25, 0.3) is 0 Å². The smallest absolute Gasteiger partial charge is 0.324 e. The summed E-state index contributed by atoms with van der Waals surface area (Å²) in [5.41, 5.74) is -0.599. The van der Waals surface area contributed by atoms with E-state index >= 15 is 0 Å². The second-order valence-electron chi connectivity index (χ2n) is 7.69. The number of allylic oxidation sites excluding steroid dienone is 2. The van der Waals surface area contributed by atoms with Gasteiger partial charge in [-0.15, -0.1) is 0 Å². The number of alkyl halides is 3. The van der Waals surface area contributed by atoms with E-state index in [1.54, 1.807) is 0 Å². The van der Waals surface area contributed by atoms with Crippen LogP contribution in [0.25, 0.3) is 0 Å². The summed E-state index contributed by atoms with van der Waals surface area (Å²) < 4.78 is 64.2. The molecule has 1 aliphatic rings. The van der Waals surface area contributed by atoms with Gasteiger partial charge < -0.3 is 5.32 Å². The fraction of sp³-hybridized carbons (Fsp3) is 0.500. The van der Waals surface area contributed by atoms with Crippen molar-refractivity contribution < 1.29 is 26.4 Å². The first-order chi connectivity index (χ1) is 12.1. The van der Waals surface area contributed by atoms with Gasteiger partial charge in [0.1, 0.15) is 0 Å². The Labute approximate surface area is 157 Å². The SMILES string of the molecule is CC(C)=C[C@@H]1[C@H](C(=O)Nc2cc(C(F)(F)F)ccc2NS(C)(=O)=O)C1(C)C. The number of amides is 1. The Morgan fingerprint density at radius 3 is 2.26 bits per heavy atom. The average molecular weight is 404 g/mol. The van der Waals surface area contributed by atoms with Gasteiger partial charge in [-0.3, -0.25) is 9.52 Å². The van der Waals surface area contributed by atoms with Gasteiger partial charge in [-0.05, 0) is 43.4 Å². The molecule has 27 heavy (non-hydrogen) atoms. The first kappa shape index (κ1) is 21.3. The zero-order valence-corrected chi connectivity index (χ0v) is 16.5. The van der Waals surface area contributed by atoms with Crippen molar-refractivity contribution in [2.75, 3.05) is 16.3 Å². The number of carbonyl (C=O) groups excluding carboxylic acids is 1. The van der Waals surface area contributed by atoms with Gasteiger partial charge in [0.15, 0.2) is 0 Å². The third kappa shape index (κ3) is 5.03. The first-order valence-electron chi connectivity index (χ1n) is 8.28. The van der Waals surface area contributed by atoms with Crippen LogP contribution in [0, 0.1) is 17.3 Å². The molecule has 1 fully saturated rings.